The molecule has 2 aromatic rings. The third kappa shape index (κ3) is 5.00. The van der Waals surface area contributed by atoms with Gasteiger partial charge in [-0.05, 0) is 37.1 Å². The molecule has 2 saturated heterocycles. The number of carbonyl (C=O) groups excluding carboxylic acids is 2. The van der Waals surface area contributed by atoms with E-state index in [1.54, 1.807) is 17.5 Å². The third-order valence-corrected chi connectivity index (χ3v) is 6.30. The summed E-state index contributed by atoms with van der Waals surface area (Å²) in [5.41, 5.74) is 0.293. The molecule has 0 saturated carbocycles. The molecule has 2 fully saturated rings. The number of amides is 3. The van der Waals surface area contributed by atoms with Gasteiger partial charge in [0.2, 0.25) is 0 Å². The SMILES string of the molecule is O=C(NCCNC1CCNC(c2nccs2)C1)N1C(=O)OC[C@@H]1c1ccc(F)c(F)c1. The van der Waals surface area contributed by atoms with Gasteiger partial charge >= 0.3 is 12.1 Å². The number of rotatable bonds is 6. The minimum absolute atomic E-state index is 0.108. The molecule has 2 unspecified atom stereocenters. The second-order valence-corrected chi connectivity index (χ2v) is 8.35. The number of imide groups is 1. The number of aromatic nitrogens is 1. The summed E-state index contributed by atoms with van der Waals surface area (Å²) < 4.78 is 31.7. The van der Waals surface area contributed by atoms with Crippen molar-refractivity contribution in [2.45, 2.75) is 31.0 Å². The smallest absolute Gasteiger partial charge is 0.418 e. The molecule has 166 valence electrons. The van der Waals surface area contributed by atoms with E-state index < -0.39 is 29.8 Å². The largest absolute Gasteiger partial charge is 0.446 e. The molecule has 1 aromatic carbocycles. The van der Waals surface area contributed by atoms with Crippen LogP contribution in [0.25, 0.3) is 0 Å². The van der Waals surface area contributed by atoms with E-state index in [9.17, 15) is 18.4 Å². The number of nitrogens with one attached hydrogen (secondary N) is 3. The number of halogens is 2. The Hall–Kier alpha value is -2.63. The monoisotopic (exact) mass is 451 g/mol. The van der Waals surface area contributed by atoms with Crippen molar-refractivity contribution in [3.8, 4) is 0 Å². The summed E-state index contributed by atoms with van der Waals surface area (Å²) >= 11 is 1.63. The highest BCUT2D eigenvalue weighted by atomic mass is 32.1. The van der Waals surface area contributed by atoms with Gasteiger partial charge in [-0.3, -0.25) is 0 Å². The molecule has 3 atom stereocenters. The molecule has 3 heterocycles. The molecule has 2 aliphatic rings. The first-order valence-electron chi connectivity index (χ1n) is 10.1. The summed E-state index contributed by atoms with van der Waals surface area (Å²) in [6.45, 7) is 1.60. The van der Waals surface area contributed by atoms with Crippen LogP contribution >= 0.6 is 11.3 Å². The first kappa shape index (κ1) is 21.6. The molecule has 8 nitrogen and oxygen atoms in total. The number of hydrogen-bond donors (Lipinski definition) is 3. The van der Waals surface area contributed by atoms with E-state index in [-0.39, 0.29) is 12.6 Å². The molecule has 0 spiro atoms. The van der Waals surface area contributed by atoms with Crippen LogP contribution < -0.4 is 16.0 Å². The molecule has 0 aliphatic carbocycles. The fourth-order valence-corrected chi connectivity index (χ4v) is 4.57. The van der Waals surface area contributed by atoms with Gasteiger partial charge in [-0.1, -0.05) is 6.07 Å². The molecule has 1 aromatic heterocycles. The van der Waals surface area contributed by atoms with E-state index >= 15 is 0 Å². The van der Waals surface area contributed by atoms with Gasteiger partial charge in [-0.15, -0.1) is 11.3 Å². The van der Waals surface area contributed by atoms with Crippen LogP contribution in [0.5, 0.6) is 0 Å². The highest BCUT2D eigenvalue weighted by Crippen LogP contribution is 2.29. The molecule has 3 amide bonds. The number of urea groups is 1. The Bertz CT molecular complexity index is 930. The Kier molecular flexibility index (Phi) is 6.73. The molecule has 11 heteroatoms. The molecule has 4 rings (SSSR count). The molecule has 3 N–H and O–H groups in total. The van der Waals surface area contributed by atoms with Crippen LogP contribution in [0.2, 0.25) is 0 Å². The zero-order valence-electron chi connectivity index (χ0n) is 16.6. The van der Waals surface area contributed by atoms with Crippen LogP contribution in [-0.2, 0) is 4.74 Å². The van der Waals surface area contributed by atoms with Gasteiger partial charge in [-0.25, -0.2) is 28.3 Å². The second kappa shape index (κ2) is 9.67. The van der Waals surface area contributed by atoms with Crippen LogP contribution in [0.15, 0.2) is 29.8 Å². The molecule has 2 aliphatic heterocycles. The topological polar surface area (TPSA) is 95.6 Å². The molecule has 31 heavy (non-hydrogen) atoms. The van der Waals surface area contributed by atoms with Crippen molar-refractivity contribution < 1.29 is 23.1 Å². The highest BCUT2D eigenvalue weighted by molar-refractivity contribution is 7.09. The summed E-state index contributed by atoms with van der Waals surface area (Å²) in [6.07, 6.45) is 2.85. The number of nitrogens with zero attached hydrogens (tertiary/aromatic N) is 2. The number of piperidine rings is 1. The molecular formula is C20H23F2N5O3S. The number of ether oxygens (including phenoxy) is 1. The van der Waals surface area contributed by atoms with Gasteiger partial charge in [0, 0.05) is 30.7 Å². The van der Waals surface area contributed by atoms with Crippen molar-refractivity contribution in [3.05, 3.63) is 52.0 Å². The summed E-state index contributed by atoms with van der Waals surface area (Å²) in [5, 5.41) is 12.6. The lowest BCUT2D eigenvalue weighted by Gasteiger charge is -2.30. The molecule has 0 radical (unpaired) electrons. The average molecular weight is 451 g/mol. The Morgan fingerprint density at radius 1 is 1.32 bits per heavy atom. The lowest BCUT2D eigenvalue weighted by atomic mass is 10.00. The average Bonchev–Trinajstić information content (AvgIpc) is 3.43. The van der Waals surface area contributed by atoms with Gasteiger partial charge in [0.05, 0.1) is 6.04 Å². The normalized spacial score (nSPS) is 23.6. The first-order valence-corrected chi connectivity index (χ1v) is 11.0. The number of benzene rings is 1. The van der Waals surface area contributed by atoms with Gasteiger partial charge in [0.1, 0.15) is 17.7 Å². The zero-order valence-corrected chi connectivity index (χ0v) is 17.5. The molecular weight excluding hydrogens is 428 g/mol. The minimum atomic E-state index is -1.04. The van der Waals surface area contributed by atoms with Crippen molar-refractivity contribution in [2.75, 3.05) is 26.2 Å². The van der Waals surface area contributed by atoms with E-state index in [1.165, 1.54) is 6.07 Å². The van der Waals surface area contributed by atoms with Crippen molar-refractivity contribution in [1.29, 1.82) is 0 Å². The summed E-state index contributed by atoms with van der Waals surface area (Å²) in [6, 6.07) is 2.34. The molecule has 0 bridgehead atoms. The maximum Gasteiger partial charge on any atom is 0.418 e. The fraction of sp³-hybridized carbons (Fsp3) is 0.450. The Morgan fingerprint density at radius 2 is 2.19 bits per heavy atom. The van der Waals surface area contributed by atoms with Crippen molar-refractivity contribution in [1.82, 2.24) is 25.8 Å². The van der Waals surface area contributed by atoms with Gasteiger partial charge < -0.3 is 20.7 Å². The van der Waals surface area contributed by atoms with E-state index in [0.717, 1.165) is 41.4 Å². The lowest BCUT2D eigenvalue weighted by Crippen LogP contribution is -2.47. The van der Waals surface area contributed by atoms with Crippen molar-refractivity contribution in [2.24, 2.45) is 0 Å². The van der Waals surface area contributed by atoms with Crippen LogP contribution in [-0.4, -0.2) is 54.3 Å². The minimum Gasteiger partial charge on any atom is -0.446 e. The van der Waals surface area contributed by atoms with Crippen LogP contribution in [0, 0.1) is 11.6 Å². The van der Waals surface area contributed by atoms with E-state index in [0.29, 0.717) is 24.7 Å². The van der Waals surface area contributed by atoms with Crippen LogP contribution in [0.3, 0.4) is 0 Å². The van der Waals surface area contributed by atoms with Gasteiger partial charge in [0.25, 0.3) is 0 Å². The van der Waals surface area contributed by atoms with Crippen LogP contribution in [0.4, 0.5) is 18.4 Å². The van der Waals surface area contributed by atoms with Crippen molar-refractivity contribution in [3.63, 3.8) is 0 Å². The van der Waals surface area contributed by atoms with E-state index in [4.69, 9.17) is 4.74 Å². The van der Waals surface area contributed by atoms with Gasteiger partial charge in [0.15, 0.2) is 11.6 Å². The van der Waals surface area contributed by atoms with Gasteiger partial charge in [-0.2, -0.15) is 0 Å². The first-order chi connectivity index (χ1) is 15.0. The fourth-order valence-electron chi connectivity index (χ4n) is 3.84. The zero-order chi connectivity index (χ0) is 21.8. The number of carbonyl (C=O) groups is 2. The quantitative estimate of drug-likeness (QED) is 0.585. The predicted molar refractivity (Wildman–Crippen MR) is 110 cm³/mol. The van der Waals surface area contributed by atoms with E-state index in [1.807, 2.05) is 5.38 Å². The highest BCUT2D eigenvalue weighted by Gasteiger charge is 2.39. The Labute approximate surface area is 182 Å². The van der Waals surface area contributed by atoms with E-state index in [2.05, 4.69) is 20.9 Å². The maximum absolute atomic E-state index is 13.6. The summed E-state index contributed by atoms with van der Waals surface area (Å²) in [5.74, 6) is -2.04. The summed E-state index contributed by atoms with van der Waals surface area (Å²) in [7, 11) is 0. The third-order valence-electron chi connectivity index (χ3n) is 5.41. The number of cyclic esters (lactones) is 1. The second-order valence-electron chi connectivity index (χ2n) is 7.42. The Balaban J connectivity index is 1.27. The maximum atomic E-state index is 13.6. The lowest BCUT2D eigenvalue weighted by molar-refractivity contribution is 0.158. The van der Waals surface area contributed by atoms with Crippen molar-refractivity contribution >= 4 is 23.5 Å². The van der Waals surface area contributed by atoms with Crippen LogP contribution in [0.1, 0.15) is 35.5 Å². The summed E-state index contributed by atoms with van der Waals surface area (Å²) in [4.78, 5) is 29.8. The predicted octanol–water partition coefficient (Wildman–Crippen LogP) is 2.71. The number of thiazole rings is 1. The number of hydrogen-bond acceptors (Lipinski definition) is 7. The standard InChI is InChI=1S/C20H23F2N5O3S/c21-14-2-1-12(9-15(14)22)17-11-30-20(29)27(17)19(28)26-6-5-23-13-3-4-24-16(10-13)18-25-7-8-31-18/h1-2,7-9,13,16-17,23-24H,3-6,10-11H2,(H,26,28)/t13?,16?,17-/m1/s1. The Morgan fingerprint density at radius 3 is 2.97 bits per heavy atom.